The second-order valence-electron chi connectivity index (χ2n) is 8.57. The highest BCUT2D eigenvalue weighted by atomic mass is 16.5. The van der Waals surface area contributed by atoms with Crippen LogP contribution in [0.1, 0.15) is 19.8 Å². The van der Waals surface area contributed by atoms with Crippen molar-refractivity contribution in [2.24, 2.45) is 5.92 Å². The maximum absolute atomic E-state index is 10.7. The van der Waals surface area contributed by atoms with Crippen LogP contribution in [0, 0.1) is 5.92 Å². The van der Waals surface area contributed by atoms with Crippen molar-refractivity contribution in [1.29, 1.82) is 0 Å². The molecule has 2 N–H and O–H groups in total. The molecule has 0 radical (unpaired) electrons. The molecule has 3 heterocycles. The number of nitrogens with one attached hydrogen (secondary N) is 1. The number of methoxy groups -OCH3 is 2. The van der Waals surface area contributed by atoms with Crippen molar-refractivity contribution in [3.05, 3.63) is 30.5 Å². The summed E-state index contributed by atoms with van der Waals surface area (Å²) in [6, 6.07) is 7.94. The maximum Gasteiger partial charge on any atom is 0.320 e. The van der Waals surface area contributed by atoms with Crippen molar-refractivity contribution in [1.82, 2.24) is 30.5 Å². The monoisotopic (exact) mass is 449 g/mol. The van der Waals surface area contributed by atoms with Gasteiger partial charge in [0.05, 0.1) is 26.1 Å². The highest BCUT2D eigenvalue weighted by molar-refractivity contribution is 5.73. The molecule has 33 heavy (non-hydrogen) atoms. The van der Waals surface area contributed by atoms with Gasteiger partial charge in [-0.25, -0.2) is 4.98 Å². The number of aromatic hydroxyl groups is 1. The SMILES string of the molecule is COc1cc(-c2ccc(-c3cnc(N4C[C@@H](C5CC5)N[C@@H](C)C4)nn3)c(O)c2)nc(OC)n1. The number of ether oxygens (including phenoxy) is 2. The topological polar surface area (TPSA) is 118 Å². The van der Waals surface area contributed by atoms with Crippen molar-refractivity contribution < 1.29 is 14.6 Å². The van der Waals surface area contributed by atoms with Gasteiger partial charge in [0.1, 0.15) is 11.4 Å². The Kier molecular flexibility index (Phi) is 5.67. The Morgan fingerprint density at radius 1 is 1.03 bits per heavy atom. The summed E-state index contributed by atoms with van der Waals surface area (Å²) in [7, 11) is 3.01. The van der Waals surface area contributed by atoms with Gasteiger partial charge < -0.3 is 24.8 Å². The van der Waals surface area contributed by atoms with Crippen molar-refractivity contribution in [2.75, 3.05) is 32.2 Å². The van der Waals surface area contributed by atoms with Crippen LogP contribution in [0.2, 0.25) is 0 Å². The molecule has 0 amide bonds. The molecule has 2 fully saturated rings. The molecule has 10 nitrogen and oxygen atoms in total. The molecule has 1 aliphatic carbocycles. The van der Waals surface area contributed by atoms with Gasteiger partial charge in [-0.2, -0.15) is 9.97 Å². The zero-order chi connectivity index (χ0) is 22.9. The first-order chi connectivity index (χ1) is 16.0. The number of phenols is 1. The molecule has 1 aromatic carbocycles. The minimum Gasteiger partial charge on any atom is -0.507 e. The van der Waals surface area contributed by atoms with Crippen LogP contribution in [0.5, 0.6) is 17.6 Å². The van der Waals surface area contributed by atoms with E-state index < -0.39 is 0 Å². The predicted octanol–water partition coefficient (Wildman–Crippen LogP) is 2.30. The second-order valence-corrected chi connectivity index (χ2v) is 8.57. The molecule has 1 saturated carbocycles. The molecule has 2 atom stereocenters. The van der Waals surface area contributed by atoms with Crippen molar-refractivity contribution in [3.8, 4) is 40.2 Å². The van der Waals surface area contributed by atoms with Gasteiger partial charge in [-0.05, 0) is 37.8 Å². The lowest BCUT2D eigenvalue weighted by Crippen LogP contribution is -2.56. The van der Waals surface area contributed by atoms with Crippen molar-refractivity contribution >= 4 is 5.95 Å². The summed E-state index contributed by atoms with van der Waals surface area (Å²) in [5.74, 6) is 1.80. The third-order valence-corrected chi connectivity index (χ3v) is 6.08. The van der Waals surface area contributed by atoms with E-state index in [0.29, 0.717) is 46.4 Å². The fourth-order valence-electron chi connectivity index (χ4n) is 4.25. The Bertz CT molecular complexity index is 1120. The Morgan fingerprint density at radius 2 is 1.88 bits per heavy atom. The number of phenolic OH excluding ortho intramolecular Hbond substituents is 1. The van der Waals surface area contributed by atoms with Gasteiger partial charge in [-0.15, -0.1) is 10.2 Å². The summed E-state index contributed by atoms with van der Waals surface area (Å²) in [5.41, 5.74) is 2.30. The van der Waals surface area contributed by atoms with Crippen LogP contribution in [0.25, 0.3) is 22.5 Å². The molecule has 0 unspecified atom stereocenters. The molecular formula is C23H27N7O3. The number of hydrogen-bond donors (Lipinski definition) is 2. The van der Waals surface area contributed by atoms with Crippen LogP contribution >= 0.6 is 0 Å². The number of benzene rings is 1. The third kappa shape index (κ3) is 4.51. The minimum atomic E-state index is 0.0532. The van der Waals surface area contributed by atoms with Crippen molar-refractivity contribution in [2.45, 2.75) is 31.8 Å². The Hall–Kier alpha value is -3.53. The standard InChI is InChI=1S/C23H27N7O3/c1-13-11-30(12-19(25-13)14-4-5-14)22-24-10-18(28-29-22)16-7-6-15(8-20(16)31)17-9-21(32-2)27-23(26-17)33-3/h6-10,13-14,19,25,31H,4-5,11-12H2,1-3H3/t13-,19-/m0/s1. The second kappa shape index (κ2) is 8.78. The van der Waals surface area contributed by atoms with Crippen LogP contribution in [-0.4, -0.2) is 69.6 Å². The first-order valence-electron chi connectivity index (χ1n) is 11.1. The van der Waals surface area contributed by atoms with E-state index in [0.717, 1.165) is 19.0 Å². The molecule has 1 saturated heterocycles. The summed E-state index contributed by atoms with van der Waals surface area (Å²) in [6.45, 7) is 3.92. The fraction of sp³-hybridized carbons (Fsp3) is 0.435. The summed E-state index contributed by atoms with van der Waals surface area (Å²) in [6.07, 6.45) is 4.24. The number of aromatic nitrogens is 5. The van der Waals surface area contributed by atoms with E-state index in [9.17, 15) is 5.11 Å². The number of piperazine rings is 1. The molecule has 2 aromatic heterocycles. The highest BCUT2D eigenvalue weighted by Crippen LogP contribution is 2.35. The molecule has 2 aliphatic rings. The predicted molar refractivity (Wildman–Crippen MR) is 122 cm³/mol. The number of hydrogen-bond acceptors (Lipinski definition) is 10. The lowest BCUT2D eigenvalue weighted by atomic mass is 10.1. The highest BCUT2D eigenvalue weighted by Gasteiger charge is 2.36. The number of nitrogens with zero attached hydrogens (tertiary/aromatic N) is 6. The summed E-state index contributed by atoms with van der Waals surface area (Å²) >= 11 is 0. The maximum atomic E-state index is 10.7. The lowest BCUT2D eigenvalue weighted by molar-refractivity contribution is 0.352. The van der Waals surface area contributed by atoms with Crippen LogP contribution in [0.15, 0.2) is 30.5 Å². The van der Waals surface area contributed by atoms with E-state index in [4.69, 9.17) is 9.47 Å². The molecule has 0 bridgehead atoms. The summed E-state index contributed by atoms with van der Waals surface area (Å²) < 4.78 is 10.3. The first-order valence-corrected chi connectivity index (χ1v) is 11.1. The molecule has 0 spiro atoms. The average molecular weight is 450 g/mol. The van der Waals surface area contributed by atoms with Gasteiger partial charge in [0.25, 0.3) is 0 Å². The smallest absolute Gasteiger partial charge is 0.320 e. The van der Waals surface area contributed by atoms with Crippen LogP contribution < -0.4 is 19.7 Å². The van der Waals surface area contributed by atoms with Crippen LogP contribution in [0.3, 0.4) is 0 Å². The van der Waals surface area contributed by atoms with E-state index >= 15 is 0 Å². The normalized spacial score (nSPS) is 20.5. The van der Waals surface area contributed by atoms with E-state index in [-0.39, 0.29) is 11.8 Å². The fourth-order valence-corrected chi connectivity index (χ4v) is 4.25. The minimum absolute atomic E-state index is 0.0532. The molecular weight excluding hydrogens is 422 g/mol. The molecule has 3 aromatic rings. The van der Waals surface area contributed by atoms with Gasteiger partial charge >= 0.3 is 6.01 Å². The van der Waals surface area contributed by atoms with Gasteiger partial charge in [0, 0.05) is 42.4 Å². The Labute approximate surface area is 192 Å². The third-order valence-electron chi connectivity index (χ3n) is 6.08. The van der Waals surface area contributed by atoms with Gasteiger partial charge in [-0.3, -0.25) is 0 Å². The van der Waals surface area contributed by atoms with E-state index in [1.807, 2.05) is 6.07 Å². The van der Waals surface area contributed by atoms with Gasteiger partial charge in [-0.1, -0.05) is 6.07 Å². The lowest BCUT2D eigenvalue weighted by Gasteiger charge is -2.37. The average Bonchev–Trinajstić information content (AvgIpc) is 3.69. The quantitative estimate of drug-likeness (QED) is 0.580. The molecule has 5 rings (SSSR count). The first kappa shape index (κ1) is 21.3. The Balaban J connectivity index is 1.37. The zero-order valence-electron chi connectivity index (χ0n) is 18.9. The van der Waals surface area contributed by atoms with Gasteiger partial charge in [0.15, 0.2) is 0 Å². The summed E-state index contributed by atoms with van der Waals surface area (Å²) in [5, 5.41) is 23.1. The number of anilines is 1. The van der Waals surface area contributed by atoms with Gasteiger partial charge in [0.2, 0.25) is 11.8 Å². The number of rotatable bonds is 6. The zero-order valence-corrected chi connectivity index (χ0v) is 18.9. The van der Waals surface area contributed by atoms with Crippen LogP contribution in [-0.2, 0) is 0 Å². The van der Waals surface area contributed by atoms with E-state index in [1.165, 1.54) is 27.1 Å². The molecule has 172 valence electrons. The Morgan fingerprint density at radius 3 is 2.55 bits per heavy atom. The van der Waals surface area contributed by atoms with E-state index in [2.05, 4.69) is 42.3 Å². The van der Waals surface area contributed by atoms with Crippen molar-refractivity contribution in [3.63, 3.8) is 0 Å². The molecule has 10 heteroatoms. The van der Waals surface area contributed by atoms with Crippen LogP contribution in [0.4, 0.5) is 5.95 Å². The van der Waals surface area contributed by atoms with E-state index in [1.54, 1.807) is 24.4 Å². The summed E-state index contributed by atoms with van der Waals surface area (Å²) in [4.78, 5) is 15.2. The largest absolute Gasteiger partial charge is 0.507 e. The molecule has 1 aliphatic heterocycles.